The second kappa shape index (κ2) is 10.3. The summed E-state index contributed by atoms with van der Waals surface area (Å²) in [6.07, 6.45) is 2.46. The van der Waals surface area contributed by atoms with Gasteiger partial charge in [-0.15, -0.1) is 10.2 Å². The Morgan fingerprint density at radius 1 is 1.06 bits per heavy atom. The number of nitrogens with one attached hydrogen (secondary N) is 1. The van der Waals surface area contributed by atoms with Crippen LogP contribution in [0.2, 0.25) is 0 Å². The molecule has 6 nitrogen and oxygen atoms in total. The molecule has 1 atom stereocenters. The summed E-state index contributed by atoms with van der Waals surface area (Å²) in [6, 6.07) is 22.2. The Morgan fingerprint density at radius 3 is 2.47 bits per heavy atom. The van der Waals surface area contributed by atoms with Crippen molar-refractivity contribution in [2.45, 2.75) is 31.5 Å². The molecule has 0 aliphatic carbocycles. The van der Waals surface area contributed by atoms with Gasteiger partial charge in [-0.3, -0.25) is 9.36 Å². The second-order valence-corrected chi connectivity index (χ2v) is 8.47. The van der Waals surface area contributed by atoms with Crippen molar-refractivity contribution in [1.82, 2.24) is 20.1 Å². The molecule has 0 aliphatic rings. The van der Waals surface area contributed by atoms with E-state index in [9.17, 15) is 4.79 Å². The van der Waals surface area contributed by atoms with E-state index in [0.717, 1.165) is 29.1 Å². The number of aryl methyl sites for hydroxylation is 1. The van der Waals surface area contributed by atoms with E-state index in [0.29, 0.717) is 11.7 Å². The predicted octanol–water partition coefficient (Wildman–Crippen LogP) is 4.91. The van der Waals surface area contributed by atoms with Crippen molar-refractivity contribution in [2.75, 3.05) is 12.3 Å². The lowest BCUT2D eigenvalue weighted by molar-refractivity contribution is -0.118. The van der Waals surface area contributed by atoms with Crippen LogP contribution in [0.1, 0.15) is 29.9 Å². The number of nitrogens with zero attached hydrogens (tertiary/aromatic N) is 3. The largest absolute Gasteiger partial charge is 0.469 e. The molecule has 164 valence electrons. The quantitative estimate of drug-likeness (QED) is 0.370. The molecule has 0 fully saturated rings. The molecule has 1 amide bonds. The van der Waals surface area contributed by atoms with E-state index >= 15 is 0 Å². The van der Waals surface area contributed by atoms with E-state index < -0.39 is 0 Å². The zero-order valence-corrected chi connectivity index (χ0v) is 19.0. The smallest absolute Gasteiger partial charge is 0.230 e. The summed E-state index contributed by atoms with van der Waals surface area (Å²) >= 11 is 1.40. The summed E-state index contributed by atoms with van der Waals surface area (Å²) in [6.45, 7) is 4.63. The van der Waals surface area contributed by atoms with Gasteiger partial charge in [0.1, 0.15) is 5.76 Å². The highest BCUT2D eigenvalue weighted by Gasteiger charge is 2.23. The third kappa shape index (κ3) is 5.11. The van der Waals surface area contributed by atoms with Crippen LogP contribution in [-0.2, 0) is 11.2 Å². The lowest BCUT2D eigenvalue weighted by Crippen LogP contribution is -2.27. The third-order valence-corrected chi connectivity index (χ3v) is 6.29. The Bertz CT molecular complexity index is 1160. The number of aromatic nitrogens is 3. The molecule has 2 aromatic carbocycles. The van der Waals surface area contributed by atoms with Crippen LogP contribution in [0.15, 0.2) is 82.6 Å². The first-order chi connectivity index (χ1) is 15.6. The van der Waals surface area contributed by atoms with Crippen LogP contribution in [0.25, 0.3) is 11.4 Å². The maximum atomic E-state index is 12.4. The number of amides is 1. The SMILES string of the molecule is Cc1occc1-c1nnc(SCC(=O)NCCc2ccccc2)n1[C@@H](C)c1ccccc1. The van der Waals surface area contributed by atoms with E-state index in [4.69, 9.17) is 4.42 Å². The number of thioether (sulfide) groups is 1. The molecular weight excluding hydrogens is 420 g/mol. The highest BCUT2D eigenvalue weighted by atomic mass is 32.2. The number of hydrogen-bond acceptors (Lipinski definition) is 5. The summed E-state index contributed by atoms with van der Waals surface area (Å²) in [7, 11) is 0. The standard InChI is InChI=1S/C25H26N4O2S/c1-18(21-11-7-4-8-12-21)29-24(22-14-16-31-19(22)2)27-28-25(29)32-17-23(30)26-15-13-20-9-5-3-6-10-20/h3-12,14,16,18H,13,15,17H2,1-2H3,(H,26,30)/t18-/m0/s1. The van der Waals surface area contributed by atoms with Crippen molar-refractivity contribution in [3.63, 3.8) is 0 Å². The normalized spacial score (nSPS) is 11.9. The minimum absolute atomic E-state index is 0.000795. The molecule has 1 N–H and O–H groups in total. The van der Waals surface area contributed by atoms with Crippen LogP contribution < -0.4 is 5.32 Å². The van der Waals surface area contributed by atoms with Gasteiger partial charge in [0, 0.05) is 6.54 Å². The van der Waals surface area contributed by atoms with E-state index in [1.807, 2.05) is 49.4 Å². The van der Waals surface area contributed by atoms with Crippen molar-refractivity contribution < 1.29 is 9.21 Å². The molecule has 0 radical (unpaired) electrons. The van der Waals surface area contributed by atoms with Gasteiger partial charge in [-0.05, 0) is 37.5 Å². The molecule has 0 bridgehead atoms. The van der Waals surface area contributed by atoms with E-state index in [1.54, 1.807) is 6.26 Å². The van der Waals surface area contributed by atoms with Gasteiger partial charge in [0.2, 0.25) is 5.91 Å². The number of benzene rings is 2. The number of furan rings is 1. The number of hydrogen-bond donors (Lipinski definition) is 1. The fraction of sp³-hybridized carbons (Fsp3) is 0.240. The van der Waals surface area contributed by atoms with Gasteiger partial charge in [-0.2, -0.15) is 0 Å². The maximum absolute atomic E-state index is 12.4. The molecule has 0 spiro atoms. The van der Waals surface area contributed by atoms with Gasteiger partial charge in [-0.1, -0.05) is 72.4 Å². The first-order valence-corrected chi connectivity index (χ1v) is 11.6. The predicted molar refractivity (Wildman–Crippen MR) is 127 cm³/mol. The van der Waals surface area contributed by atoms with E-state index in [1.165, 1.54) is 17.3 Å². The number of carbonyl (C=O) groups is 1. The minimum atomic E-state index is -0.0195. The molecule has 2 heterocycles. The zero-order chi connectivity index (χ0) is 22.3. The Balaban J connectivity index is 1.48. The number of rotatable bonds is 9. The third-order valence-electron chi connectivity index (χ3n) is 5.34. The van der Waals surface area contributed by atoms with Crippen LogP contribution in [0.3, 0.4) is 0 Å². The van der Waals surface area contributed by atoms with Crippen molar-refractivity contribution in [3.8, 4) is 11.4 Å². The Kier molecular flexibility index (Phi) is 7.07. The lowest BCUT2D eigenvalue weighted by Gasteiger charge is -2.18. The molecular formula is C25H26N4O2S. The average molecular weight is 447 g/mol. The van der Waals surface area contributed by atoms with Gasteiger partial charge in [0.15, 0.2) is 11.0 Å². The van der Waals surface area contributed by atoms with Crippen LogP contribution in [-0.4, -0.2) is 33.0 Å². The fourth-order valence-corrected chi connectivity index (χ4v) is 4.42. The molecule has 0 saturated carbocycles. The Labute approximate surface area is 192 Å². The van der Waals surface area contributed by atoms with Crippen molar-refractivity contribution in [3.05, 3.63) is 89.9 Å². The fourth-order valence-electron chi connectivity index (χ4n) is 3.58. The van der Waals surface area contributed by atoms with Gasteiger partial charge in [0.25, 0.3) is 0 Å². The first-order valence-electron chi connectivity index (χ1n) is 10.6. The monoisotopic (exact) mass is 446 g/mol. The van der Waals surface area contributed by atoms with E-state index in [-0.39, 0.29) is 17.7 Å². The lowest BCUT2D eigenvalue weighted by atomic mass is 10.1. The van der Waals surface area contributed by atoms with Crippen LogP contribution in [0.4, 0.5) is 0 Å². The molecule has 0 aliphatic heterocycles. The summed E-state index contributed by atoms with van der Waals surface area (Å²) in [5.41, 5.74) is 3.25. The summed E-state index contributed by atoms with van der Waals surface area (Å²) in [5, 5.41) is 12.6. The zero-order valence-electron chi connectivity index (χ0n) is 18.2. The number of carbonyl (C=O) groups excluding carboxylic acids is 1. The molecule has 4 aromatic rings. The van der Waals surface area contributed by atoms with Crippen LogP contribution in [0.5, 0.6) is 0 Å². The van der Waals surface area contributed by atoms with Crippen molar-refractivity contribution in [1.29, 1.82) is 0 Å². The van der Waals surface area contributed by atoms with Gasteiger partial charge in [0.05, 0.1) is 23.6 Å². The van der Waals surface area contributed by atoms with Crippen molar-refractivity contribution in [2.24, 2.45) is 0 Å². The molecule has 32 heavy (non-hydrogen) atoms. The first kappa shape index (κ1) is 21.9. The summed E-state index contributed by atoms with van der Waals surface area (Å²) in [4.78, 5) is 12.4. The van der Waals surface area contributed by atoms with E-state index in [2.05, 4.69) is 51.3 Å². The maximum Gasteiger partial charge on any atom is 0.230 e. The van der Waals surface area contributed by atoms with Crippen LogP contribution in [0, 0.1) is 6.92 Å². The Morgan fingerprint density at radius 2 is 1.78 bits per heavy atom. The Hall–Kier alpha value is -3.32. The van der Waals surface area contributed by atoms with Crippen LogP contribution >= 0.6 is 11.8 Å². The molecule has 4 rings (SSSR count). The molecule has 0 unspecified atom stereocenters. The highest BCUT2D eigenvalue weighted by Crippen LogP contribution is 2.32. The van der Waals surface area contributed by atoms with Gasteiger partial charge < -0.3 is 9.73 Å². The topological polar surface area (TPSA) is 72.9 Å². The molecule has 7 heteroatoms. The molecule has 2 aromatic heterocycles. The van der Waals surface area contributed by atoms with Gasteiger partial charge in [-0.25, -0.2) is 0 Å². The summed E-state index contributed by atoms with van der Waals surface area (Å²) < 4.78 is 7.57. The minimum Gasteiger partial charge on any atom is -0.469 e. The molecule has 0 saturated heterocycles. The highest BCUT2D eigenvalue weighted by molar-refractivity contribution is 7.99. The van der Waals surface area contributed by atoms with Gasteiger partial charge >= 0.3 is 0 Å². The second-order valence-electron chi connectivity index (χ2n) is 7.53. The van der Waals surface area contributed by atoms with Crippen molar-refractivity contribution >= 4 is 17.7 Å². The summed E-state index contributed by atoms with van der Waals surface area (Å²) in [5.74, 6) is 1.78. The average Bonchev–Trinajstić information content (AvgIpc) is 3.44.